The molecule has 1 heterocycles. The van der Waals surface area contributed by atoms with E-state index in [9.17, 15) is 0 Å². The molecule has 2 aromatic rings. The first-order valence-electron chi connectivity index (χ1n) is 6.19. The third-order valence-electron chi connectivity index (χ3n) is 3.10. The predicted molar refractivity (Wildman–Crippen MR) is 75.0 cm³/mol. The molecule has 1 aliphatic carbocycles. The van der Waals surface area contributed by atoms with Crippen LogP contribution in [0.25, 0.3) is 0 Å². The highest BCUT2D eigenvalue weighted by molar-refractivity contribution is 6.35. The Hall–Kier alpha value is -1.59. The standard InChI is InChI=1S/C13H11Cl2N3O2/c14-9-3-1-4-10(15)8(9)7-19-16-11-5-2-6-12-13(11)18-20-17-12/h1,3-4H,2,5-7H2. The van der Waals surface area contributed by atoms with E-state index < -0.39 is 0 Å². The molecule has 0 amide bonds. The molecule has 0 N–H and O–H groups in total. The summed E-state index contributed by atoms with van der Waals surface area (Å²) >= 11 is 12.1. The van der Waals surface area contributed by atoms with Gasteiger partial charge in [-0.15, -0.1) is 0 Å². The number of rotatable bonds is 3. The lowest BCUT2D eigenvalue weighted by Gasteiger charge is -2.10. The van der Waals surface area contributed by atoms with Crippen LogP contribution in [-0.4, -0.2) is 16.0 Å². The van der Waals surface area contributed by atoms with Crippen LogP contribution < -0.4 is 0 Å². The summed E-state index contributed by atoms with van der Waals surface area (Å²) in [4.78, 5) is 5.36. The molecule has 0 spiro atoms. The smallest absolute Gasteiger partial charge is 0.155 e. The molecule has 20 heavy (non-hydrogen) atoms. The molecule has 1 aliphatic rings. The van der Waals surface area contributed by atoms with Crippen molar-refractivity contribution in [1.82, 2.24) is 10.3 Å². The minimum absolute atomic E-state index is 0.211. The van der Waals surface area contributed by atoms with Crippen LogP contribution in [0.15, 0.2) is 28.0 Å². The Balaban J connectivity index is 1.73. The minimum Gasteiger partial charge on any atom is -0.391 e. The van der Waals surface area contributed by atoms with Crippen molar-refractivity contribution in [2.45, 2.75) is 25.9 Å². The van der Waals surface area contributed by atoms with Gasteiger partial charge in [-0.2, -0.15) is 0 Å². The van der Waals surface area contributed by atoms with Crippen LogP contribution in [0.5, 0.6) is 0 Å². The summed E-state index contributed by atoms with van der Waals surface area (Å²) in [7, 11) is 0. The van der Waals surface area contributed by atoms with Gasteiger partial charge in [0.2, 0.25) is 0 Å². The monoisotopic (exact) mass is 311 g/mol. The Bertz CT molecular complexity index is 635. The lowest BCUT2D eigenvalue weighted by molar-refractivity contribution is 0.130. The van der Waals surface area contributed by atoms with Gasteiger partial charge in [-0.05, 0) is 36.6 Å². The first kappa shape index (κ1) is 13.4. The van der Waals surface area contributed by atoms with Crippen LogP contribution in [0.1, 0.15) is 29.8 Å². The maximum absolute atomic E-state index is 6.06. The number of benzene rings is 1. The van der Waals surface area contributed by atoms with Crippen LogP contribution in [0.3, 0.4) is 0 Å². The SMILES string of the molecule is Clc1cccc(Cl)c1CON=C1CCCc2nonc21. The van der Waals surface area contributed by atoms with Gasteiger partial charge in [0.05, 0.1) is 0 Å². The van der Waals surface area contributed by atoms with Crippen LogP contribution in [0.4, 0.5) is 0 Å². The van der Waals surface area contributed by atoms with Crippen molar-refractivity contribution in [3.63, 3.8) is 0 Å². The summed E-state index contributed by atoms with van der Waals surface area (Å²) in [5.74, 6) is 0. The van der Waals surface area contributed by atoms with Crippen molar-refractivity contribution < 1.29 is 9.47 Å². The van der Waals surface area contributed by atoms with Crippen LogP contribution in [0, 0.1) is 0 Å². The molecule has 0 saturated carbocycles. The first-order chi connectivity index (χ1) is 9.75. The van der Waals surface area contributed by atoms with Gasteiger partial charge in [0.25, 0.3) is 0 Å². The highest BCUT2D eigenvalue weighted by atomic mass is 35.5. The Morgan fingerprint density at radius 3 is 2.80 bits per heavy atom. The zero-order valence-electron chi connectivity index (χ0n) is 10.5. The quantitative estimate of drug-likeness (QED) is 0.812. The van der Waals surface area contributed by atoms with E-state index >= 15 is 0 Å². The molecule has 3 rings (SSSR count). The van der Waals surface area contributed by atoms with E-state index in [-0.39, 0.29) is 6.61 Å². The Kier molecular flexibility index (Phi) is 3.89. The second-order valence-corrected chi connectivity index (χ2v) is 5.24. The van der Waals surface area contributed by atoms with E-state index in [0.717, 1.165) is 36.2 Å². The zero-order valence-corrected chi connectivity index (χ0v) is 12.0. The maximum Gasteiger partial charge on any atom is 0.155 e. The lowest BCUT2D eigenvalue weighted by atomic mass is 9.99. The molecule has 1 aromatic heterocycles. The van der Waals surface area contributed by atoms with Crippen molar-refractivity contribution in [1.29, 1.82) is 0 Å². The molecule has 5 nitrogen and oxygen atoms in total. The largest absolute Gasteiger partial charge is 0.391 e. The Morgan fingerprint density at radius 2 is 2.00 bits per heavy atom. The van der Waals surface area contributed by atoms with Gasteiger partial charge in [-0.25, -0.2) is 4.63 Å². The fraction of sp³-hybridized carbons (Fsp3) is 0.308. The van der Waals surface area contributed by atoms with Crippen LogP contribution >= 0.6 is 23.2 Å². The van der Waals surface area contributed by atoms with Gasteiger partial charge in [-0.3, -0.25) is 0 Å². The number of nitrogens with zero attached hydrogens (tertiary/aromatic N) is 3. The molecular weight excluding hydrogens is 301 g/mol. The fourth-order valence-electron chi connectivity index (χ4n) is 2.07. The highest BCUT2D eigenvalue weighted by Crippen LogP contribution is 2.25. The Morgan fingerprint density at radius 1 is 1.20 bits per heavy atom. The maximum atomic E-state index is 6.06. The second-order valence-electron chi connectivity index (χ2n) is 4.42. The van der Waals surface area contributed by atoms with E-state index in [1.165, 1.54) is 0 Å². The third kappa shape index (κ3) is 2.64. The molecule has 7 heteroatoms. The van der Waals surface area contributed by atoms with Gasteiger partial charge >= 0.3 is 0 Å². The lowest BCUT2D eigenvalue weighted by Crippen LogP contribution is -2.12. The molecule has 0 atom stereocenters. The topological polar surface area (TPSA) is 60.5 Å². The van der Waals surface area contributed by atoms with Gasteiger partial charge < -0.3 is 4.84 Å². The molecule has 104 valence electrons. The number of hydrogen-bond acceptors (Lipinski definition) is 5. The number of fused-ring (bicyclic) bond motifs is 1. The molecule has 1 aromatic carbocycles. The third-order valence-corrected chi connectivity index (χ3v) is 3.81. The summed E-state index contributed by atoms with van der Waals surface area (Å²) in [5.41, 5.74) is 2.97. The number of oxime groups is 1. The van der Waals surface area contributed by atoms with Gasteiger partial charge in [-0.1, -0.05) is 39.6 Å². The zero-order chi connectivity index (χ0) is 13.9. The van der Waals surface area contributed by atoms with Crippen LogP contribution in [0.2, 0.25) is 10.0 Å². The Labute approximate surface area is 125 Å². The fourth-order valence-corrected chi connectivity index (χ4v) is 2.57. The van der Waals surface area contributed by atoms with Crippen molar-refractivity contribution in [3.8, 4) is 0 Å². The normalized spacial score (nSPS) is 16.2. The number of halogens is 2. The molecule has 0 radical (unpaired) electrons. The molecule has 0 fully saturated rings. The highest BCUT2D eigenvalue weighted by Gasteiger charge is 2.21. The van der Waals surface area contributed by atoms with E-state index in [4.69, 9.17) is 32.7 Å². The van der Waals surface area contributed by atoms with Crippen molar-refractivity contribution in [2.75, 3.05) is 0 Å². The number of hydrogen-bond donors (Lipinski definition) is 0. The van der Waals surface area contributed by atoms with Gasteiger partial charge in [0.15, 0.2) is 5.69 Å². The van der Waals surface area contributed by atoms with Gasteiger partial charge in [0.1, 0.15) is 18.0 Å². The summed E-state index contributed by atoms with van der Waals surface area (Å²) in [6.07, 6.45) is 2.60. The summed E-state index contributed by atoms with van der Waals surface area (Å²) in [6, 6.07) is 5.31. The van der Waals surface area contributed by atoms with E-state index in [1.807, 2.05) is 0 Å². The van der Waals surface area contributed by atoms with Gasteiger partial charge in [0, 0.05) is 15.6 Å². The second kappa shape index (κ2) is 5.81. The number of aromatic nitrogens is 2. The van der Waals surface area contributed by atoms with E-state index in [1.54, 1.807) is 18.2 Å². The first-order valence-corrected chi connectivity index (χ1v) is 6.95. The van der Waals surface area contributed by atoms with Crippen LogP contribution in [-0.2, 0) is 17.9 Å². The van der Waals surface area contributed by atoms with Crippen molar-refractivity contribution in [3.05, 3.63) is 45.2 Å². The molecular formula is C13H11Cl2N3O2. The average Bonchev–Trinajstić information content (AvgIpc) is 2.91. The molecule has 0 saturated heterocycles. The minimum atomic E-state index is 0.211. The average molecular weight is 312 g/mol. The summed E-state index contributed by atoms with van der Waals surface area (Å²) in [6.45, 7) is 0.211. The van der Waals surface area contributed by atoms with E-state index in [2.05, 4.69) is 15.5 Å². The number of aryl methyl sites for hydroxylation is 1. The molecule has 0 unspecified atom stereocenters. The summed E-state index contributed by atoms with van der Waals surface area (Å²) in [5, 5.41) is 12.9. The van der Waals surface area contributed by atoms with E-state index in [0.29, 0.717) is 15.7 Å². The van der Waals surface area contributed by atoms with Crippen molar-refractivity contribution >= 4 is 28.9 Å². The molecule has 0 aliphatic heterocycles. The summed E-state index contributed by atoms with van der Waals surface area (Å²) < 4.78 is 4.72. The van der Waals surface area contributed by atoms with Crippen molar-refractivity contribution in [2.24, 2.45) is 5.16 Å². The molecule has 0 bridgehead atoms. The predicted octanol–water partition coefficient (Wildman–Crippen LogP) is 3.63.